The molecule has 1 aliphatic rings. The summed E-state index contributed by atoms with van der Waals surface area (Å²) in [6.45, 7) is 2.52. The zero-order valence-corrected chi connectivity index (χ0v) is 13.8. The van der Waals surface area contributed by atoms with Crippen LogP contribution >= 0.6 is 0 Å². The quantitative estimate of drug-likeness (QED) is 0.665. The molecule has 3 aromatic heterocycles. The standard InChI is InChI=1S/C17H17F3N6/c18-17(19,20)12-3-4-13(23-9-10-5-7-21-8-10)24-15(12)14-11-2-1-6-22-16(11)26-25-14/h1-4,6,10,21H,5,7-9H2,(H,23,24)(H,22,25,26). The molecular weight excluding hydrogens is 345 g/mol. The van der Waals surface area contributed by atoms with E-state index in [1.165, 1.54) is 6.07 Å². The largest absolute Gasteiger partial charge is 0.418 e. The first-order valence-electron chi connectivity index (χ1n) is 8.34. The van der Waals surface area contributed by atoms with Gasteiger partial charge >= 0.3 is 6.18 Å². The molecule has 1 saturated heterocycles. The Hall–Kier alpha value is -2.68. The third kappa shape index (κ3) is 3.22. The lowest BCUT2D eigenvalue weighted by Crippen LogP contribution is -2.18. The van der Waals surface area contributed by atoms with Crippen molar-refractivity contribution in [3.63, 3.8) is 0 Å². The molecule has 9 heteroatoms. The third-order valence-corrected chi connectivity index (χ3v) is 4.50. The zero-order chi connectivity index (χ0) is 18.1. The van der Waals surface area contributed by atoms with Crippen LogP contribution in [0, 0.1) is 5.92 Å². The Morgan fingerprint density at radius 1 is 1.19 bits per heavy atom. The van der Waals surface area contributed by atoms with Crippen LogP contribution in [0.5, 0.6) is 0 Å². The summed E-state index contributed by atoms with van der Waals surface area (Å²) in [6, 6.07) is 5.74. The van der Waals surface area contributed by atoms with Crippen molar-refractivity contribution in [3.8, 4) is 11.4 Å². The van der Waals surface area contributed by atoms with E-state index in [9.17, 15) is 13.2 Å². The molecule has 0 amide bonds. The monoisotopic (exact) mass is 362 g/mol. The number of hydrogen-bond acceptors (Lipinski definition) is 5. The summed E-state index contributed by atoms with van der Waals surface area (Å²) in [5.74, 6) is 0.845. The zero-order valence-electron chi connectivity index (χ0n) is 13.8. The van der Waals surface area contributed by atoms with E-state index in [0.29, 0.717) is 29.3 Å². The molecular formula is C17H17F3N6. The van der Waals surface area contributed by atoms with Gasteiger partial charge < -0.3 is 10.6 Å². The van der Waals surface area contributed by atoms with Gasteiger partial charge in [-0.15, -0.1) is 0 Å². The van der Waals surface area contributed by atoms with Crippen molar-refractivity contribution in [2.45, 2.75) is 12.6 Å². The minimum Gasteiger partial charge on any atom is -0.370 e. The van der Waals surface area contributed by atoms with Gasteiger partial charge in [0.2, 0.25) is 0 Å². The average Bonchev–Trinajstić information content (AvgIpc) is 3.28. The van der Waals surface area contributed by atoms with Gasteiger partial charge in [0.25, 0.3) is 0 Å². The predicted octanol–water partition coefficient (Wildman–Crippen LogP) is 3.06. The van der Waals surface area contributed by atoms with E-state index in [1.807, 2.05) is 0 Å². The SMILES string of the molecule is FC(F)(F)c1ccc(NCC2CCNC2)nc1-c1n[nH]c2ncccc12. The number of rotatable bonds is 4. The summed E-state index contributed by atoms with van der Waals surface area (Å²) < 4.78 is 40.4. The number of nitrogens with one attached hydrogen (secondary N) is 3. The number of halogens is 3. The molecule has 136 valence electrons. The Labute approximate surface area is 147 Å². The molecule has 4 heterocycles. The van der Waals surface area contributed by atoms with Gasteiger partial charge in [0.05, 0.1) is 5.56 Å². The smallest absolute Gasteiger partial charge is 0.370 e. The van der Waals surface area contributed by atoms with E-state index in [0.717, 1.165) is 25.6 Å². The van der Waals surface area contributed by atoms with Crippen molar-refractivity contribution in [2.24, 2.45) is 5.92 Å². The Bertz CT molecular complexity index is 914. The fourth-order valence-electron chi connectivity index (χ4n) is 3.14. The van der Waals surface area contributed by atoms with Gasteiger partial charge in [-0.1, -0.05) is 0 Å². The highest BCUT2D eigenvalue weighted by Gasteiger charge is 2.36. The molecule has 0 bridgehead atoms. The third-order valence-electron chi connectivity index (χ3n) is 4.50. The highest BCUT2D eigenvalue weighted by Crippen LogP contribution is 2.38. The Morgan fingerprint density at radius 3 is 2.85 bits per heavy atom. The normalized spacial score (nSPS) is 17.7. The molecule has 1 fully saturated rings. The maximum Gasteiger partial charge on any atom is 0.418 e. The van der Waals surface area contributed by atoms with Gasteiger partial charge in [0.1, 0.15) is 17.2 Å². The van der Waals surface area contributed by atoms with Gasteiger partial charge in [-0.3, -0.25) is 5.10 Å². The molecule has 1 atom stereocenters. The van der Waals surface area contributed by atoms with Crippen LogP contribution in [0.25, 0.3) is 22.4 Å². The number of fused-ring (bicyclic) bond motifs is 1. The number of pyridine rings is 2. The molecule has 0 saturated carbocycles. The molecule has 0 spiro atoms. The van der Waals surface area contributed by atoms with Crippen molar-refractivity contribution in [2.75, 3.05) is 25.0 Å². The number of hydrogen-bond donors (Lipinski definition) is 3. The van der Waals surface area contributed by atoms with Crippen LogP contribution in [-0.4, -0.2) is 39.8 Å². The molecule has 0 radical (unpaired) electrons. The predicted molar refractivity (Wildman–Crippen MR) is 91.6 cm³/mol. The topological polar surface area (TPSA) is 78.5 Å². The lowest BCUT2D eigenvalue weighted by atomic mass is 10.1. The minimum absolute atomic E-state index is 0.145. The van der Waals surface area contributed by atoms with Crippen molar-refractivity contribution in [1.82, 2.24) is 25.5 Å². The van der Waals surface area contributed by atoms with E-state index in [-0.39, 0.29) is 11.4 Å². The molecule has 0 aliphatic carbocycles. The van der Waals surface area contributed by atoms with Gasteiger partial charge in [-0.2, -0.15) is 18.3 Å². The van der Waals surface area contributed by atoms with Crippen LogP contribution in [0.1, 0.15) is 12.0 Å². The first-order valence-corrected chi connectivity index (χ1v) is 8.34. The lowest BCUT2D eigenvalue weighted by Gasteiger charge is -2.15. The van der Waals surface area contributed by atoms with Crippen LogP contribution in [0.4, 0.5) is 19.0 Å². The Balaban J connectivity index is 1.73. The molecule has 3 N–H and O–H groups in total. The molecule has 6 nitrogen and oxygen atoms in total. The van der Waals surface area contributed by atoms with Crippen LogP contribution in [0.15, 0.2) is 30.5 Å². The second kappa shape index (κ2) is 6.56. The molecule has 0 aromatic carbocycles. The number of anilines is 1. The van der Waals surface area contributed by atoms with Crippen LogP contribution in [0.2, 0.25) is 0 Å². The van der Waals surface area contributed by atoms with Gasteiger partial charge in [-0.05, 0) is 49.7 Å². The number of aromatic nitrogens is 4. The number of alkyl halides is 3. The number of aromatic amines is 1. The molecule has 4 rings (SSSR count). The van der Waals surface area contributed by atoms with E-state index in [4.69, 9.17) is 0 Å². The van der Waals surface area contributed by atoms with Crippen molar-refractivity contribution in [1.29, 1.82) is 0 Å². The highest BCUT2D eigenvalue weighted by atomic mass is 19.4. The molecule has 1 aliphatic heterocycles. The second-order valence-corrected chi connectivity index (χ2v) is 6.30. The maximum absolute atomic E-state index is 13.5. The van der Waals surface area contributed by atoms with E-state index < -0.39 is 11.7 Å². The molecule has 26 heavy (non-hydrogen) atoms. The van der Waals surface area contributed by atoms with Gasteiger partial charge in [-0.25, -0.2) is 9.97 Å². The Kier molecular flexibility index (Phi) is 4.23. The van der Waals surface area contributed by atoms with Crippen molar-refractivity contribution in [3.05, 3.63) is 36.0 Å². The van der Waals surface area contributed by atoms with Gasteiger partial charge in [0, 0.05) is 18.1 Å². The summed E-state index contributed by atoms with van der Waals surface area (Å²) >= 11 is 0. The number of nitrogens with zero attached hydrogens (tertiary/aromatic N) is 3. The van der Waals surface area contributed by atoms with Crippen LogP contribution < -0.4 is 10.6 Å². The first-order chi connectivity index (χ1) is 12.5. The van der Waals surface area contributed by atoms with Crippen LogP contribution in [0.3, 0.4) is 0 Å². The second-order valence-electron chi connectivity index (χ2n) is 6.30. The summed E-state index contributed by atoms with van der Waals surface area (Å²) in [5, 5.41) is 13.6. The van der Waals surface area contributed by atoms with E-state index in [1.54, 1.807) is 18.3 Å². The van der Waals surface area contributed by atoms with E-state index in [2.05, 4.69) is 30.8 Å². The van der Waals surface area contributed by atoms with Crippen molar-refractivity contribution < 1.29 is 13.2 Å². The fourth-order valence-corrected chi connectivity index (χ4v) is 3.14. The van der Waals surface area contributed by atoms with E-state index >= 15 is 0 Å². The maximum atomic E-state index is 13.5. The van der Waals surface area contributed by atoms with Crippen LogP contribution in [-0.2, 0) is 6.18 Å². The lowest BCUT2D eigenvalue weighted by molar-refractivity contribution is -0.137. The highest BCUT2D eigenvalue weighted by molar-refractivity contribution is 5.90. The minimum atomic E-state index is -4.52. The average molecular weight is 362 g/mol. The Morgan fingerprint density at radius 2 is 2.08 bits per heavy atom. The molecule has 3 aromatic rings. The number of H-pyrrole nitrogens is 1. The summed E-state index contributed by atoms with van der Waals surface area (Å²) in [4.78, 5) is 8.31. The molecule has 1 unspecified atom stereocenters. The first kappa shape index (κ1) is 16.8. The summed E-state index contributed by atoms with van der Waals surface area (Å²) in [7, 11) is 0. The van der Waals surface area contributed by atoms with Gasteiger partial charge in [0.15, 0.2) is 5.65 Å². The summed E-state index contributed by atoms with van der Waals surface area (Å²) in [5.41, 5.74) is -0.450. The fraction of sp³-hybridized carbons (Fsp3) is 0.353. The van der Waals surface area contributed by atoms with Crippen molar-refractivity contribution >= 4 is 16.9 Å². The summed E-state index contributed by atoms with van der Waals surface area (Å²) in [6.07, 6.45) is -1.93.